The van der Waals surface area contributed by atoms with E-state index in [4.69, 9.17) is 0 Å². The molecule has 2 fully saturated rings. The Hall–Kier alpha value is -1.41. The summed E-state index contributed by atoms with van der Waals surface area (Å²) in [5, 5.41) is 0.0762. The molecule has 2 saturated heterocycles. The third-order valence-electron chi connectivity index (χ3n) is 5.18. The van der Waals surface area contributed by atoms with Crippen LogP contribution in [0, 0.1) is 5.92 Å². The Labute approximate surface area is 150 Å². The molecule has 2 aliphatic rings. The van der Waals surface area contributed by atoms with E-state index in [1.54, 1.807) is 17.1 Å². The average molecular weight is 369 g/mol. The zero-order chi connectivity index (χ0) is 18.0. The Balaban J connectivity index is 1.72. The SMILES string of the molecule is CC(C)n1cnc(S(=O)(=O)N2CCC[C@@H](C(=O)N3CCCCC3)C2)c1. The number of carbonyl (C=O) groups is 1. The lowest BCUT2D eigenvalue weighted by Crippen LogP contribution is -2.47. The van der Waals surface area contributed by atoms with Crippen LogP contribution in [0.4, 0.5) is 0 Å². The molecule has 2 aliphatic heterocycles. The zero-order valence-corrected chi connectivity index (χ0v) is 15.9. The largest absolute Gasteiger partial charge is 0.342 e. The fraction of sp³-hybridized carbons (Fsp3) is 0.765. The number of hydrogen-bond acceptors (Lipinski definition) is 4. The van der Waals surface area contributed by atoms with E-state index in [0.29, 0.717) is 13.0 Å². The standard InChI is InChI=1S/C17H28N4O3S/c1-14(2)20-12-16(18-13-20)25(23,24)21-10-6-7-15(11-21)17(22)19-8-4-3-5-9-19/h12-15H,3-11H2,1-2H3/t15-/m1/s1. The highest BCUT2D eigenvalue weighted by molar-refractivity contribution is 7.89. The first kappa shape index (κ1) is 18.4. The first-order valence-corrected chi connectivity index (χ1v) is 10.7. The Morgan fingerprint density at radius 1 is 1.16 bits per heavy atom. The van der Waals surface area contributed by atoms with Crippen LogP contribution in [0.2, 0.25) is 0 Å². The van der Waals surface area contributed by atoms with Crippen molar-refractivity contribution in [1.29, 1.82) is 0 Å². The van der Waals surface area contributed by atoms with Crippen LogP contribution in [-0.4, -0.2) is 59.3 Å². The van der Waals surface area contributed by atoms with Gasteiger partial charge in [0.05, 0.1) is 12.2 Å². The first-order chi connectivity index (χ1) is 11.9. The van der Waals surface area contributed by atoms with Gasteiger partial charge in [0, 0.05) is 38.4 Å². The lowest BCUT2D eigenvalue weighted by Gasteiger charge is -2.35. The van der Waals surface area contributed by atoms with Gasteiger partial charge in [0.1, 0.15) is 0 Å². The molecule has 1 atom stereocenters. The lowest BCUT2D eigenvalue weighted by atomic mass is 9.97. The van der Waals surface area contributed by atoms with E-state index in [2.05, 4.69) is 4.98 Å². The summed E-state index contributed by atoms with van der Waals surface area (Å²) in [4.78, 5) is 18.7. The summed E-state index contributed by atoms with van der Waals surface area (Å²) >= 11 is 0. The van der Waals surface area contributed by atoms with E-state index in [0.717, 1.165) is 32.4 Å². The second kappa shape index (κ2) is 7.45. The van der Waals surface area contributed by atoms with Crippen molar-refractivity contribution >= 4 is 15.9 Å². The summed E-state index contributed by atoms with van der Waals surface area (Å²) in [6, 6.07) is 0.159. The van der Waals surface area contributed by atoms with Crippen LogP contribution < -0.4 is 0 Å². The topological polar surface area (TPSA) is 75.5 Å². The third kappa shape index (κ3) is 3.89. The van der Waals surface area contributed by atoms with E-state index >= 15 is 0 Å². The molecule has 3 heterocycles. The zero-order valence-electron chi connectivity index (χ0n) is 15.1. The number of likely N-dealkylation sites (tertiary alicyclic amines) is 1. The molecule has 0 N–H and O–H groups in total. The van der Waals surface area contributed by atoms with Crippen LogP contribution >= 0.6 is 0 Å². The molecule has 0 saturated carbocycles. The van der Waals surface area contributed by atoms with Crippen LogP contribution in [0.1, 0.15) is 52.0 Å². The minimum absolute atomic E-state index is 0.0762. The minimum Gasteiger partial charge on any atom is -0.342 e. The van der Waals surface area contributed by atoms with E-state index in [1.165, 1.54) is 10.7 Å². The van der Waals surface area contributed by atoms with E-state index < -0.39 is 10.0 Å². The number of carbonyl (C=O) groups excluding carboxylic acids is 1. The molecule has 25 heavy (non-hydrogen) atoms. The average Bonchev–Trinajstić information content (AvgIpc) is 3.13. The first-order valence-electron chi connectivity index (χ1n) is 9.22. The molecule has 1 aromatic heterocycles. The molecule has 0 aromatic carbocycles. The quantitative estimate of drug-likeness (QED) is 0.813. The van der Waals surface area contributed by atoms with Gasteiger partial charge in [0.25, 0.3) is 10.0 Å². The lowest BCUT2D eigenvalue weighted by molar-refractivity contribution is -0.137. The maximum absolute atomic E-state index is 12.9. The van der Waals surface area contributed by atoms with Gasteiger partial charge in [-0.1, -0.05) is 0 Å². The van der Waals surface area contributed by atoms with Crippen LogP contribution in [0.25, 0.3) is 0 Å². The van der Waals surface area contributed by atoms with Crippen molar-refractivity contribution in [1.82, 2.24) is 18.8 Å². The molecule has 1 aromatic rings. The molecular weight excluding hydrogens is 340 g/mol. The summed E-state index contributed by atoms with van der Waals surface area (Å²) in [7, 11) is -3.64. The maximum atomic E-state index is 12.9. The third-order valence-corrected chi connectivity index (χ3v) is 6.93. The molecule has 1 amide bonds. The highest BCUT2D eigenvalue weighted by atomic mass is 32.2. The number of nitrogens with zero attached hydrogens (tertiary/aromatic N) is 4. The summed E-state index contributed by atoms with van der Waals surface area (Å²) in [5.74, 6) is -0.110. The number of piperidine rings is 2. The van der Waals surface area contributed by atoms with E-state index in [1.807, 2.05) is 18.7 Å². The monoisotopic (exact) mass is 368 g/mol. The number of imidazole rings is 1. The maximum Gasteiger partial charge on any atom is 0.262 e. The van der Waals surface area contributed by atoms with Crippen LogP contribution in [0.5, 0.6) is 0 Å². The molecule has 0 radical (unpaired) electrons. The van der Waals surface area contributed by atoms with Gasteiger partial charge in [-0.3, -0.25) is 4.79 Å². The predicted molar refractivity (Wildman–Crippen MR) is 94.5 cm³/mol. The summed E-state index contributed by atoms with van der Waals surface area (Å²) in [6.45, 7) is 6.30. The number of rotatable bonds is 4. The summed E-state index contributed by atoms with van der Waals surface area (Å²) < 4.78 is 29.0. The normalized spacial score (nSPS) is 23.2. The highest BCUT2D eigenvalue weighted by Crippen LogP contribution is 2.25. The fourth-order valence-electron chi connectivity index (χ4n) is 3.60. The van der Waals surface area contributed by atoms with Crippen LogP contribution in [0.3, 0.4) is 0 Å². The van der Waals surface area contributed by atoms with Gasteiger partial charge in [0.15, 0.2) is 5.03 Å². The van der Waals surface area contributed by atoms with Crippen molar-refractivity contribution < 1.29 is 13.2 Å². The summed E-state index contributed by atoms with van der Waals surface area (Å²) in [5.41, 5.74) is 0. The molecule has 8 heteroatoms. The Morgan fingerprint density at radius 3 is 2.52 bits per heavy atom. The molecular formula is C17H28N4O3S. The smallest absolute Gasteiger partial charge is 0.262 e. The van der Waals surface area contributed by atoms with Crippen LogP contribution in [0.15, 0.2) is 17.6 Å². The van der Waals surface area contributed by atoms with Crippen LogP contribution in [-0.2, 0) is 14.8 Å². The van der Waals surface area contributed by atoms with Gasteiger partial charge >= 0.3 is 0 Å². The minimum atomic E-state index is -3.64. The molecule has 0 spiro atoms. The van der Waals surface area contributed by atoms with E-state index in [9.17, 15) is 13.2 Å². The number of sulfonamides is 1. The van der Waals surface area contributed by atoms with Gasteiger partial charge in [-0.2, -0.15) is 4.31 Å². The Morgan fingerprint density at radius 2 is 1.88 bits per heavy atom. The molecule has 140 valence electrons. The van der Waals surface area contributed by atoms with Crippen molar-refractivity contribution in [3.05, 3.63) is 12.5 Å². The predicted octanol–water partition coefficient (Wildman–Crippen LogP) is 1.88. The van der Waals surface area contributed by atoms with Gasteiger partial charge < -0.3 is 9.47 Å². The molecule has 0 bridgehead atoms. The van der Waals surface area contributed by atoms with Crippen molar-refractivity contribution in [3.8, 4) is 0 Å². The fourth-order valence-corrected chi connectivity index (χ4v) is 5.05. The second-order valence-corrected chi connectivity index (χ2v) is 9.23. The molecule has 0 unspecified atom stereocenters. The summed E-state index contributed by atoms with van der Waals surface area (Å²) in [6.07, 6.45) is 7.89. The number of aromatic nitrogens is 2. The molecule has 0 aliphatic carbocycles. The second-order valence-electron chi connectivity index (χ2n) is 7.34. The van der Waals surface area contributed by atoms with Gasteiger partial charge in [-0.05, 0) is 46.0 Å². The Kier molecular flexibility index (Phi) is 5.48. The van der Waals surface area contributed by atoms with Gasteiger partial charge in [-0.15, -0.1) is 0 Å². The van der Waals surface area contributed by atoms with Gasteiger partial charge in [-0.25, -0.2) is 13.4 Å². The van der Waals surface area contributed by atoms with Crippen molar-refractivity contribution in [3.63, 3.8) is 0 Å². The van der Waals surface area contributed by atoms with Crippen molar-refractivity contribution in [2.24, 2.45) is 5.92 Å². The van der Waals surface area contributed by atoms with E-state index in [-0.39, 0.29) is 29.4 Å². The number of hydrogen-bond donors (Lipinski definition) is 0. The highest BCUT2D eigenvalue weighted by Gasteiger charge is 2.36. The Bertz CT molecular complexity index is 707. The van der Waals surface area contributed by atoms with Crippen molar-refractivity contribution in [2.75, 3.05) is 26.2 Å². The number of amides is 1. The van der Waals surface area contributed by atoms with Gasteiger partial charge in [0.2, 0.25) is 5.91 Å². The van der Waals surface area contributed by atoms with Crippen molar-refractivity contribution in [2.45, 2.75) is 57.0 Å². The molecule has 7 nitrogen and oxygen atoms in total. The molecule has 3 rings (SSSR count).